The van der Waals surface area contributed by atoms with E-state index in [1.54, 1.807) is 12.1 Å². The summed E-state index contributed by atoms with van der Waals surface area (Å²) in [6, 6.07) is 10.5. The lowest BCUT2D eigenvalue weighted by atomic mass is 10.2. The molecule has 0 saturated heterocycles. The van der Waals surface area contributed by atoms with Crippen molar-refractivity contribution >= 4 is 21.7 Å². The average Bonchev–Trinajstić information content (AvgIpc) is 2.46. The van der Waals surface area contributed by atoms with Crippen LogP contribution in [0.2, 0.25) is 0 Å². The number of aryl methyl sites for hydroxylation is 1. The third kappa shape index (κ3) is 3.43. The molecule has 0 spiro atoms. The van der Waals surface area contributed by atoms with Gasteiger partial charge >= 0.3 is 0 Å². The van der Waals surface area contributed by atoms with E-state index in [1.807, 2.05) is 6.92 Å². The predicted octanol–water partition coefficient (Wildman–Crippen LogP) is 1.08. The molecule has 0 fully saturated rings. The molecule has 0 aliphatic carbocycles. The Morgan fingerprint density at radius 2 is 1.64 bits per heavy atom. The van der Waals surface area contributed by atoms with Crippen molar-refractivity contribution in [3.63, 3.8) is 0 Å². The Morgan fingerprint density at radius 3 is 2.14 bits per heavy atom. The molecule has 0 atom stereocenters. The van der Waals surface area contributed by atoms with Gasteiger partial charge in [0.2, 0.25) is 0 Å². The number of anilines is 1. The van der Waals surface area contributed by atoms with Gasteiger partial charge in [0, 0.05) is 0 Å². The molecule has 0 aromatic heterocycles. The first-order valence-electron chi connectivity index (χ1n) is 6.35. The summed E-state index contributed by atoms with van der Waals surface area (Å²) in [5.74, 6) is -2.12. The minimum absolute atomic E-state index is 0.194. The molecule has 7 heteroatoms. The fourth-order valence-corrected chi connectivity index (χ4v) is 3.29. The van der Waals surface area contributed by atoms with Gasteiger partial charge in [0.25, 0.3) is 10.0 Å². The van der Waals surface area contributed by atoms with Crippen molar-refractivity contribution in [3.8, 4) is 0 Å². The van der Waals surface area contributed by atoms with Crippen LogP contribution in [0.15, 0.2) is 53.4 Å². The Balaban J connectivity index is 2.50. The molecule has 0 amide bonds. The van der Waals surface area contributed by atoms with Crippen molar-refractivity contribution in [1.29, 1.82) is 0 Å². The number of carbonyl (C=O) groups excluding carboxylic acids is 1. The Labute approximate surface area is 127 Å². The van der Waals surface area contributed by atoms with Crippen molar-refractivity contribution < 1.29 is 22.7 Å². The molecule has 0 heterocycles. The summed E-state index contributed by atoms with van der Waals surface area (Å²) < 4.78 is 38.8. The number of nitrogens with zero attached hydrogens (tertiary/aromatic N) is 1. The van der Waals surface area contributed by atoms with Crippen molar-refractivity contribution in [2.24, 2.45) is 0 Å². The van der Waals surface area contributed by atoms with Gasteiger partial charge < -0.3 is 9.90 Å². The number of hydrogen-bond donors (Lipinski definition) is 0. The van der Waals surface area contributed by atoms with Gasteiger partial charge in [-0.2, -0.15) is 0 Å². The van der Waals surface area contributed by atoms with Crippen molar-refractivity contribution in [1.82, 2.24) is 0 Å². The molecule has 0 aliphatic heterocycles. The highest BCUT2D eigenvalue weighted by molar-refractivity contribution is 7.92. The monoisotopic (exact) mass is 322 g/mol. The van der Waals surface area contributed by atoms with Gasteiger partial charge in [0.15, 0.2) is 0 Å². The third-order valence-electron chi connectivity index (χ3n) is 3.00. The van der Waals surface area contributed by atoms with E-state index in [9.17, 15) is 22.7 Å². The standard InChI is InChI=1S/C15H14FNO4S/c1-11-2-6-13(7-3-11)17(10-15(18)19)22(20,21)14-8-4-12(16)5-9-14/h2-9H,10H2,1H3,(H,18,19)/p-1. The van der Waals surface area contributed by atoms with Gasteiger partial charge in [0.1, 0.15) is 5.82 Å². The number of hydrogen-bond acceptors (Lipinski definition) is 4. The first-order chi connectivity index (χ1) is 10.3. The Hall–Kier alpha value is -2.41. The number of carbonyl (C=O) groups is 1. The predicted molar refractivity (Wildman–Crippen MR) is 77.1 cm³/mol. The van der Waals surface area contributed by atoms with Gasteiger partial charge in [-0.1, -0.05) is 17.7 Å². The van der Waals surface area contributed by atoms with Crippen LogP contribution in [0.4, 0.5) is 10.1 Å². The topological polar surface area (TPSA) is 77.5 Å². The fourth-order valence-electron chi connectivity index (χ4n) is 1.88. The molecule has 2 aromatic rings. The van der Waals surface area contributed by atoms with Crippen LogP contribution in [0.3, 0.4) is 0 Å². The summed E-state index contributed by atoms with van der Waals surface area (Å²) in [6.45, 7) is 0.990. The number of benzene rings is 2. The SMILES string of the molecule is Cc1ccc(N(CC(=O)[O-])S(=O)(=O)c2ccc(F)cc2)cc1. The van der Waals surface area contributed by atoms with E-state index in [0.29, 0.717) is 0 Å². The van der Waals surface area contributed by atoms with E-state index in [1.165, 1.54) is 12.1 Å². The molecule has 2 rings (SSSR count). The highest BCUT2D eigenvalue weighted by Gasteiger charge is 2.25. The Morgan fingerprint density at radius 1 is 1.09 bits per heavy atom. The molecule has 2 aromatic carbocycles. The summed E-state index contributed by atoms with van der Waals surface area (Å²) in [5.41, 5.74) is 1.09. The number of carboxylic acid groups (broad SMARTS) is 1. The quantitative estimate of drug-likeness (QED) is 0.825. The van der Waals surface area contributed by atoms with Gasteiger partial charge in [-0.25, -0.2) is 12.8 Å². The summed E-state index contributed by atoms with van der Waals surface area (Å²) in [7, 11) is -4.13. The van der Waals surface area contributed by atoms with E-state index in [-0.39, 0.29) is 10.6 Å². The highest BCUT2D eigenvalue weighted by atomic mass is 32.2. The van der Waals surface area contributed by atoms with Crippen LogP contribution in [0.1, 0.15) is 5.56 Å². The van der Waals surface area contributed by atoms with Crippen LogP contribution < -0.4 is 9.41 Å². The smallest absolute Gasteiger partial charge is 0.264 e. The maximum Gasteiger partial charge on any atom is 0.264 e. The minimum atomic E-state index is -4.13. The maximum atomic E-state index is 12.9. The number of sulfonamides is 1. The van der Waals surface area contributed by atoms with Gasteiger partial charge in [-0.05, 0) is 43.3 Å². The number of halogens is 1. The molecular weight excluding hydrogens is 309 g/mol. The van der Waals surface area contributed by atoms with Crippen LogP contribution in [0.5, 0.6) is 0 Å². The molecule has 5 nitrogen and oxygen atoms in total. The number of aliphatic carboxylic acids is 1. The van der Waals surface area contributed by atoms with Crippen LogP contribution in [0, 0.1) is 12.7 Å². The van der Waals surface area contributed by atoms with Crippen LogP contribution >= 0.6 is 0 Å². The fraction of sp³-hybridized carbons (Fsp3) is 0.133. The highest BCUT2D eigenvalue weighted by Crippen LogP contribution is 2.24. The van der Waals surface area contributed by atoms with E-state index in [0.717, 1.165) is 34.1 Å². The van der Waals surface area contributed by atoms with Crippen LogP contribution in [0.25, 0.3) is 0 Å². The largest absolute Gasteiger partial charge is 0.548 e. The second kappa shape index (κ2) is 6.15. The van der Waals surface area contributed by atoms with Crippen molar-refractivity contribution in [3.05, 3.63) is 59.9 Å². The third-order valence-corrected chi connectivity index (χ3v) is 4.78. The lowest BCUT2D eigenvalue weighted by molar-refractivity contribution is -0.303. The zero-order valence-electron chi connectivity index (χ0n) is 11.7. The van der Waals surface area contributed by atoms with Gasteiger partial charge in [-0.3, -0.25) is 4.31 Å². The van der Waals surface area contributed by atoms with Crippen molar-refractivity contribution in [2.75, 3.05) is 10.8 Å². The van der Waals surface area contributed by atoms with Crippen LogP contribution in [-0.2, 0) is 14.8 Å². The van der Waals surface area contributed by atoms with E-state index >= 15 is 0 Å². The molecule has 0 N–H and O–H groups in total. The molecule has 116 valence electrons. The first kappa shape index (κ1) is 16.0. The second-order valence-electron chi connectivity index (χ2n) is 4.67. The molecule has 0 unspecified atom stereocenters. The molecule has 0 aliphatic rings. The molecule has 0 saturated carbocycles. The van der Waals surface area contributed by atoms with E-state index in [4.69, 9.17) is 0 Å². The van der Waals surface area contributed by atoms with Crippen LogP contribution in [-0.4, -0.2) is 20.9 Å². The average molecular weight is 322 g/mol. The summed E-state index contributed by atoms with van der Waals surface area (Å²) in [5, 5.41) is 10.9. The normalized spacial score (nSPS) is 11.2. The zero-order valence-corrected chi connectivity index (χ0v) is 12.5. The second-order valence-corrected chi connectivity index (χ2v) is 6.54. The first-order valence-corrected chi connectivity index (χ1v) is 7.79. The summed E-state index contributed by atoms with van der Waals surface area (Å²) >= 11 is 0. The lowest BCUT2D eigenvalue weighted by Gasteiger charge is -2.25. The van der Waals surface area contributed by atoms with Gasteiger partial charge in [0.05, 0.1) is 23.1 Å². The number of carboxylic acids is 1. The molecular formula is C15H13FNO4S-. The summed E-state index contributed by atoms with van der Waals surface area (Å²) in [4.78, 5) is 10.7. The zero-order chi connectivity index (χ0) is 16.3. The maximum absolute atomic E-state index is 12.9. The molecule has 0 radical (unpaired) electrons. The Bertz CT molecular complexity index is 770. The van der Waals surface area contributed by atoms with E-state index < -0.39 is 28.4 Å². The molecule has 0 bridgehead atoms. The van der Waals surface area contributed by atoms with Crippen molar-refractivity contribution in [2.45, 2.75) is 11.8 Å². The molecule has 22 heavy (non-hydrogen) atoms. The number of rotatable bonds is 5. The van der Waals surface area contributed by atoms with E-state index in [2.05, 4.69) is 0 Å². The minimum Gasteiger partial charge on any atom is -0.548 e. The lowest BCUT2D eigenvalue weighted by Crippen LogP contribution is -2.41. The summed E-state index contributed by atoms with van der Waals surface area (Å²) in [6.07, 6.45) is 0. The Kier molecular flexibility index (Phi) is 4.46. The van der Waals surface area contributed by atoms with Gasteiger partial charge in [-0.15, -0.1) is 0 Å².